The predicted octanol–water partition coefficient (Wildman–Crippen LogP) is 3.30. The van der Waals surface area contributed by atoms with E-state index in [1.165, 1.54) is 0 Å². The summed E-state index contributed by atoms with van der Waals surface area (Å²) < 4.78 is 4.23. The number of aromatic nitrogens is 4. The van der Waals surface area contributed by atoms with E-state index in [-0.39, 0.29) is 5.91 Å². The third-order valence-corrected chi connectivity index (χ3v) is 4.23. The van der Waals surface area contributed by atoms with Gasteiger partial charge in [-0.25, -0.2) is 0 Å². The summed E-state index contributed by atoms with van der Waals surface area (Å²) in [6.45, 7) is 4.73. The normalized spacial score (nSPS) is 10.8. The number of benzene rings is 1. The van der Waals surface area contributed by atoms with Gasteiger partial charge < -0.3 is 5.32 Å². The molecule has 3 aromatic rings. The maximum atomic E-state index is 12.2. The maximum absolute atomic E-state index is 12.2. The van der Waals surface area contributed by atoms with Gasteiger partial charge in [0, 0.05) is 24.6 Å². The van der Waals surface area contributed by atoms with Crippen LogP contribution in [0.25, 0.3) is 0 Å². The average Bonchev–Trinajstić information content (AvgIpc) is 3.02. The van der Waals surface area contributed by atoms with E-state index in [0.29, 0.717) is 16.7 Å². The molecule has 1 aromatic carbocycles. The van der Waals surface area contributed by atoms with Crippen molar-refractivity contribution >= 4 is 27.5 Å². The summed E-state index contributed by atoms with van der Waals surface area (Å²) in [5.41, 5.74) is 4.36. The molecule has 3 rings (SSSR count). The second-order valence-corrected chi connectivity index (χ2v) is 6.59. The maximum Gasteiger partial charge on any atom is 0.277 e. The molecule has 0 spiro atoms. The molecule has 1 amide bonds. The number of hydrogen-bond acceptors (Lipinski definition) is 3. The quantitative estimate of drug-likeness (QED) is 0.746. The summed E-state index contributed by atoms with van der Waals surface area (Å²) in [5, 5.41) is 11.4. The highest BCUT2D eigenvalue weighted by molar-refractivity contribution is 9.10. The number of nitrogens with zero attached hydrogens (tertiary/aromatic N) is 4. The number of carbonyl (C=O) groups is 1. The van der Waals surface area contributed by atoms with E-state index in [4.69, 9.17) is 0 Å². The van der Waals surface area contributed by atoms with Gasteiger partial charge in [0.15, 0.2) is 5.69 Å². The van der Waals surface area contributed by atoms with Gasteiger partial charge in [-0.2, -0.15) is 10.2 Å². The number of amides is 1. The summed E-state index contributed by atoms with van der Waals surface area (Å²) in [4.78, 5) is 12.2. The fourth-order valence-corrected chi connectivity index (χ4v) is 3.06. The Morgan fingerprint density at radius 1 is 1.21 bits per heavy atom. The van der Waals surface area contributed by atoms with Crippen LogP contribution in [-0.4, -0.2) is 25.5 Å². The van der Waals surface area contributed by atoms with Crippen LogP contribution in [0.15, 0.2) is 41.0 Å². The number of hydrogen-bond donors (Lipinski definition) is 1. The minimum absolute atomic E-state index is 0.242. The minimum Gasteiger partial charge on any atom is -0.321 e. The Kier molecular flexibility index (Phi) is 4.53. The smallest absolute Gasteiger partial charge is 0.277 e. The Labute approximate surface area is 148 Å². The van der Waals surface area contributed by atoms with E-state index in [0.717, 1.165) is 22.6 Å². The predicted molar refractivity (Wildman–Crippen MR) is 96.1 cm³/mol. The van der Waals surface area contributed by atoms with E-state index >= 15 is 0 Å². The molecule has 0 unspecified atom stereocenters. The van der Waals surface area contributed by atoms with E-state index in [1.54, 1.807) is 17.9 Å². The molecular formula is C17H18BrN5O. The molecule has 0 aliphatic rings. The number of aryl methyl sites for hydroxylation is 3. The van der Waals surface area contributed by atoms with Crippen molar-refractivity contribution in [2.24, 2.45) is 7.05 Å². The van der Waals surface area contributed by atoms with Gasteiger partial charge in [-0.15, -0.1) is 0 Å². The second-order valence-electron chi connectivity index (χ2n) is 5.74. The molecule has 0 bridgehead atoms. The van der Waals surface area contributed by atoms with Crippen molar-refractivity contribution in [1.82, 2.24) is 19.6 Å². The average molecular weight is 388 g/mol. The zero-order valence-corrected chi connectivity index (χ0v) is 15.3. The summed E-state index contributed by atoms with van der Waals surface area (Å²) >= 11 is 3.33. The van der Waals surface area contributed by atoms with Crippen LogP contribution < -0.4 is 5.32 Å². The van der Waals surface area contributed by atoms with E-state index in [9.17, 15) is 4.79 Å². The van der Waals surface area contributed by atoms with E-state index in [2.05, 4.69) is 37.5 Å². The number of halogens is 1. The molecule has 0 saturated heterocycles. The van der Waals surface area contributed by atoms with Crippen LogP contribution in [0.2, 0.25) is 0 Å². The molecule has 7 heteroatoms. The molecule has 0 atom stereocenters. The van der Waals surface area contributed by atoms with Crippen molar-refractivity contribution in [2.45, 2.75) is 20.4 Å². The lowest BCUT2D eigenvalue weighted by atomic mass is 10.2. The topological polar surface area (TPSA) is 64.7 Å². The molecular weight excluding hydrogens is 370 g/mol. The van der Waals surface area contributed by atoms with Crippen molar-refractivity contribution in [3.05, 3.63) is 63.6 Å². The van der Waals surface area contributed by atoms with Crippen molar-refractivity contribution in [3.63, 3.8) is 0 Å². The van der Waals surface area contributed by atoms with E-state index < -0.39 is 0 Å². The second kappa shape index (κ2) is 6.60. The zero-order chi connectivity index (χ0) is 17.3. The highest BCUT2D eigenvalue weighted by Crippen LogP contribution is 2.17. The number of nitrogens with one attached hydrogen (secondary N) is 1. The molecule has 0 fully saturated rings. The van der Waals surface area contributed by atoms with Crippen LogP contribution in [0.1, 0.15) is 27.4 Å². The SMILES string of the molecule is Cc1cc(C)n(Cc2ccc(NC(=O)c3nn(C)cc3Br)cc2)n1. The molecule has 1 N–H and O–H groups in total. The number of rotatable bonds is 4. The third-order valence-electron chi connectivity index (χ3n) is 3.65. The van der Waals surface area contributed by atoms with Crippen LogP contribution in [-0.2, 0) is 13.6 Å². The molecule has 0 aliphatic carbocycles. The Morgan fingerprint density at radius 3 is 2.46 bits per heavy atom. The van der Waals surface area contributed by atoms with Crippen LogP contribution in [0.4, 0.5) is 5.69 Å². The van der Waals surface area contributed by atoms with Crippen LogP contribution in [0, 0.1) is 13.8 Å². The fraction of sp³-hybridized carbons (Fsp3) is 0.235. The Hall–Kier alpha value is -2.41. The first-order valence-electron chi connectivity index (χ1n) is 7.53. The molecule has 0 saturated carbocycles. The molecule has 6 nitrogen and oxygen atoms in total. The summed E-state index contributed by atoms with van der Waals surface area (Å²) in [5.74, 6) is -0.242. The van der Waals surface area contributed by atoms with Crippen molar-refractivity contribution in [1.29, 1.82) is 0 Å². The summed E-state index contributed by atoms with van der Waals surface area (Å²) in [6.07, 6.45) is 1.74. The standard InChI is InChI=1S/C17H18BrN5O/c1-11-8-12(2)23(20-11)9-13-4-6-14(7-5-13)19-17(24)16-15(18)10-22(3)21-16/h4-8,10H,9H2,1-3H3,(H,19,24). The lowest BCUT2D eigenvalue weighted by molar-refractivity contribution is 0.102. The van der Waals surface area contributed by atoms with Gasteiger partial charge in [0.2, 0.25) is 0 Å². The molecule has 124 valence electrons. The first-order valence-corrected chi connectivity index (χ1v) is 8.32. The Balaban J connectivity index is 1.69. The fourth-order valence-electron chi connectivity index (χ4n) is 2.51. The highest BCUT2D eigenvalue weighted by Gasteiger charge is 2.14. The van der Waals surface area contributed by atoms with Crippen LogP contribution in [0.5, 0.6) is 0 Å². The van der Waals surface area contributed by atoms with Gasteiger partial charge in [0.1, 0.15) is 0 Å². The molecule has 0 aliphatic heterocycles. The highest BCUT2D eigenvalue weighted by atomic mass is 79.9. The molecule has 24 heavy (non-hydrogen) atoms. The summed E-state index contributed by atoms with van der Waals surface area (Å²) in [6, 6.07) is 9.80. The number of anilines is 1. The molecule has 2 aromatic heterocycles. The molecule has 0 radical (unpaired) electrons. The van der Waals surface area contributed by atoms with Gasteiger partial charge in [0.05, 0.1) is 16.7 Å². The minimum atomic E-state index is -0.242. The number of carbonyl (C=O) groups excluding carboxylic acids is 1. The van der Waals surface area contributed by atoms with Gasteiger partial charge in [-0.1, -0.05) is 12.1 Å². The van der Waals surface area contributed by atoms with Gasteiger partial charge >= 0.3 is 0 Å². The third kappa shape index (κ3) is 3.56. The van der Waals surface area contributed by atoms with Crippen molar-refractivity contribution in [2.75, 3.05) is 5.32 Å². The van der Waals surface area contributed by atoms with Crippen LogP contribution in [0.3, 0.4) is 0 Å². The van der Waals surface area contributed by atoms with Crippen molar-refractivity contribution < 1.29 is 4.79 Å². The molecule has 2 heterocycles. The van der Waals surface area contributed by atoms with Gasteiger partial charge in [0.25, 0.3) is 5.91 Å². The van der Waals surface area contributed by atoms with E-state index in [1.807, 2.05) is 42.8 Å². The lowest BCUT2D eigenvalue weighted by Gasteiger charge is -2.07. The van der Waals surface area contributed by atoms with Gasteiger partial charge in [-0.3, -0.25) is 14.2 Å². The Morgan fingerprint density at radius 2 is 1.92 bits per heavy atom. The first kappa shape index (κ1) is 16.4. The Bertz CT molecular complexity index is 879. The summed E-state index contributed by atoms with van der Waals surface area (Å²) in [7, 11) is 1.77. The lowest BCUT2D eigenvalue weighted by Crippen LogP contribution is -2.13. The van der Waals surface area contributed by atoms with Crippen LogP contribution >= 0.6 is 15.9 Å². The first-order chi connectivity index (χ1) is 11.4. The van der Waals surface area contributed by atoms with Crippen molar-refractivity contribution in [3.8, 4) is 0 Å². The zero-order valence-electron chi connectivity index (χ0n) is 13.7. The largest absolute Gasteiger partial charge is 0.321 e. The monoisotopic (exact) mass is 387 g/mol. The van der Waals surface area contributed by atoms with Gasteiger partial charge in [-0.05, 0) is 53.5 Å².